The van der Waals surface area contributed by atoms with Gasteiger partial charge in [-0.25, -0.2) is 14.2 Å². The highest BCUT2D eigenvalue weighted by molar-refractivity contribution is 5.53. The van der Waals surface area contributed by atoms with Crippen molar-refractivity contribution in [1.29, 1.82) is 0 Å². The van der Waals surface area contributed by atoms with Crippen LogP contribution in [-0.2, 0) is 4.74 Å². The van der Waals surface area contributed by atoms with Crippen molar-refractivity contribution in [2.45, 2.75) is 19.2 Å². The van der Waals surface area contributed by atoms with Crippen molar-refractivity contribution in [2.75, 3.05) is 25.1 Å². The molecule has 0 amide bonds. The molecule has 1 aromatic carbocycles. The van der Waals surface area contributed by atoms with Gasteiger partial charge in [-0.3, -0.25) is 0 Å². The summed E-state index contributed by atoms with van der Waals surface area (Å²) in [4.78, 5) is 4.32. The third-order valence-electron chi connectivity index (χ3n) is 5.17. The molecule has 0 aliphatic carbocycles. The Morgan fingerprint density at radius 1 is 1.30 bits per heavy atom. The van der Waals surface area contributed by atoms with E-state index in [1.165, 1.54) is 5.56 Å². The lowest BCUT2D eigenvalue weighted by Gasteiger charge is -2.21. The number of anilines is 1. The Kier molecular flexibility index (Phi) is 4.91. The summed E-state index contributed by atoms with van der Waals surface area (Å²) in [6.07, 6.45) is 4.09. The van der Waals surface area contributed by atoms with Gasteiger partial charge in [0.15, 0.2) is 11.9 Å². The number of aromatic nitrogens is 5. The molecule has 30 heavy (non-hydrogen) atoms. The van der Waals surface area contributed by atoms with Crippen LogP contribution < -0.4 is 10.6 Å². The highest BCUT2D eigenvalue weighted by Gasteiger charge is 2.23. The zero-order chi connectivity index (χ0) is 20.5. The normalized spacial score (nSPS) is 17.9. The highest BCUT2D eigenvalue weighted by atomic mass is 16.5. The molecule has 3 aromatic heterocycles. The van der Waals surface area contributed by atoms with Gasteiger partial charge in [-0.1, -0.05) is 17.7 Å². The molecule has 0 saturated carbocycles. The van der Waals surface area contributed by atoms with Crippen LogP contribution in [0.5, 0.6) is 0 Å². The molecule has 1 saturated heterocycles. The van der Waals surface area contributed by atoms with Crippen LogP contribution in [0.4, 0.5) is 5.82 Å². The Morgan fingerprint density at radius 3 is 2.97 bits per heavy atom. The molecule has 5 rings (SSSR count). The Morgan fingerprint density at radius 2 is 2.17 bits per heavy atom. The molecular weight excluding hydrogens is 382 g/mol. The van der Waals surface area contributed by atoms with Gasteiger partial charge in [0.05, 0.1) is 42.4 Å². The van der Waals surface area contributed by atoms with Gasteiger partial charge in [0.2, 0.25) is 0 Å². The number of hydrogen-bond acceptors (Lipinski definition) is 7. The number of morpholine rings is 1. The van der Waals surface area contributed by atoms with Crippen molar-refractivity contribution in [3.8, 4) is 5.69 Å². The maximum absolute atomic E-state index is 10.9. The number of fused-ring (bicyclic) bond motifs is 1. The minimum atomic E-state index is -0.998. The molecule has 3 N–H and O–H groups in total. The van der Waals surface area contributed by atoms with E-state index in [9.17, 15) is 5.11 Å². The maximum atomic E-state index is 10.9. The number of ether oxygens (including phenoxy) is 1. The average Bonchev–Trinajstić information content (AvgIpc) is 3.39. The predicted molar refractivity (Wildman–Crippen MR) is 111 cm³/mol. The van der Waals surface area contributed by atoms with Crippen molar-refractivity contribution in [2.24, 2.45) is 0 Å². The van der Waals surface area contributed by atoms with E-state index in [2.05, 4.69) is 20.7 Å². The van der Waals surface area contributed by atoms with E-state index >= 15 is 0 Å². The zero-order valence-corrected chi connectivity index (χ0v) is 16.6. The van der Waals surface area contributed by atoms with Crippen LogP contribution in [0.3, 0.4) is 0 Å². The van der Waals surface area contributed by atoms with Crippen molar-refractivity contribution in [1.82, 2.24) is 29.7 Å². The first-order valence-electron chi connectivity index (χ1n) is 9.90. The standard InChI is InChI=1S/C21H23N7O2/c1-14-3-5-15(6-4-14)28-19(11-17(26-28)18-13-30-10-8-22-18)25-21(29)16-12-24-27-9-2-7-23-20(16)27/h2-7,9,11-12,18,21-22,25,29H,8,10,13H2,1H3. The first-order chi connectivity index (χ1) is 14.7. The maximum Gasteiger partial charge on any atom is 0.162 e. The smallest absolute Gasteiger partial charge is 0.162 e. The fraction of sp³-hybridized carbons (Fsp3) is 0.286. The quantitative estimate of drug-likeness (QED) is 0.437. The fourth-order valence-electron chi connectivity index (χ4n) is 3.57. The van der Waals surface area contributed by atoms with E-state index in [4.69, 9.17) is 9.84 Å². The van der Waals surface area contributed by atoms with E-state index in [1.54, 1.807) is 33.9 Å². The van der Waals surface area contributed by atoms with Crippen molar-refractivity contribution in [3.05, 3.63) is 71.8 Å². The SMILES string of the molecule is Cc1ccc(-n2nc(C3COCCN3)cc2NC(O)c2cnn3cccnc23)cc1. The van der Waals surface area contributed by atoms with Crippen LogP contribution in [-0.4, -0.2) is 49.2 Å². The van der Waals surface area contributed by atoms with Gasteiger partial charge in [0.1, 0.15) is 5.82 Å². The lowest BCUT2D eigenvalue weighted by Crippen LogP contribution is -2.34. The fourth-order valence-corrected chi connectivity index (χ4v) is 3.57. The summed E-state index contributed by atoms with van der Waals surface area (Å²) >= 11 is 0. The molecule has 0 bridgehead atoms. The summed E-state index contributed by atoms with van der Waals surface area (Å²) in [6.45, 7) is 4.08. The van der Waals surface area contributed by atoms with Gasteiger partial charge in [-0.2, -0.15) is 10.2 Å². The number of benzene rings is 1. The average molecular weight is 405 g/mol. The second-order valence-corrected chi connectivity index (χ2v) is 7.32. The van der Waals surface area contributed by atoms with Gasteiger partial charge < -0.3 is 20.5 Å². The van der Waals surface area contributed by atoms with E-state index in [1.807, 2.05) is 37.3 Å². The van der Waals surface area contributed by atoms with E-state index in [0.29, 0.717) is 30.2 Å². The van der Waals surface area contributed by atoms with Crippen molar-refractivity contribution < 1.29 is 9.84 Å². The Labute approximate surface area is 173 Å². The Bertz CT molecular complexity index is 1150. The second-order valence-electron chi connectivity index (χ2n) is 7.32. The summed E-state index contributed by atoms with van der Waals surface area (Å²) in [5.41, 5.74) is 4.11. The number of aliphatic hydroxyl groups excluding tert-OH is 1. The number of aliphatic hydroxyl groups is 1. The molecule has 9 nitrogen and oxygen atoms in total. The molecule has 0 radical (unpaired) electrons. The van der Waals surface area contributed by atoms with Gasteiger partial charge in [0, 0.05) is 25.0 Å². The molecule has 154 valence electrons. The number of nitrogens with zero attached hydrogens (tertiary/aromatic N) is 5. The molecule has 2 atom stereocenters. The highest BCUT2D eigenvalue weighted by Crippen LogP contribution is 2.26. The minimum Gasteiger partial charge on any atom is -0.378 e. The number of nitrogens with one attached hydrogen (secondary N) is 2. The van der Waals surface area contributed by atoms with E-state index in [-0.39, 0.29) is 6.04 Å². The van der Waals surface area contributed by atoms with Crippen LogP contribution in [0.1, 0.15) is 29.1 Å². The van der Waals surface area contributed by atoms with E-state index in [0.717, 1.165) is 17.9 Å². The Hall–Kier alpha value is -3.27. The van der Waals surface area contributed by atoms with Crippen molar-refractivity contribution in [3.63, 3.8) is 0 Å². The topological polar surface area (TPSA) is 102 Å². The summed E-state index contributed by atoms with van der Waals surface area (Å²) in [5.74, 6) is 0.670. The third-order valence-corrected chi connectivity index (χ3v) is 5.17. The van der Waals surface area contributed by atoms with Crippen LogP contribution in [0.25, 0.3) is 11.3 Å². The molecule has 1 fully saturated rings. The molecule has 9 heteroatoms. The monoisotopic (exact) mass is 405 g/mol. The number of aryl methyl sites for hydroxylation is 1. The number of hydrogen-bond donors (Lipinski definition) is 3. The van der Waals surface area contributed by atoms with Gasteiger partial charge in [0.25, 0.3) is 0 Å². The minimum absolute atomic E-state index is 0.00165. The predicted octanol–water partition coefficient (Wildman–Crippen LogP) is 1.99. The molecule has 1 aliphatic rings. The second kappa shape index (κ2) is 7.86. The third kappa shape index (κ3) is 3.54. The summed E-state index contributed by atoms with van der Waals surface area (Å²) in [6, 6.07) is 11.8. The van der Waals surface area contributed by atoms with Crippen LogP contribution in [0.15, 0.2) is 55.0 Å². The van der Waals surface area contributed by atoms with Crippen molar-refractivity contribution >= 4 is 11.5 Å². The van der Waals surface area contributed by atoms with Gasteiger partial charge in [-0.15, -0.1) is 0 Å². The molecule has 4 heterocycles. The largest absolute Gasteiger partial charge is 0.378 e. The molecular formula is C21H23N7O2. The van der Waals surface area contributed by atoms with Crippen LogP contribution in [0, 0.1) is 6.92 Å². The summed E-state index contributed by atoms with van der Waals surface area (Å²) in [7, 11) is 0. The van der Waals surface area contributed by atoms with Crippen LogP contribution in [0.2, 0.25) is 0 Å². The van der Waals surface area contributed by atoms with Crippen LogP contribution >= 0.6 is 0 Å². The Balaban J connectivity index is 1.50. The summed E-state index contributed by atoms with van der Waals surface area (Å²) < 4.78 is 9.02. The number of rotatable bonds is 5. The zero-order valence-electron chi connectivity index (χ0n) is 16.6. The first-order valence-corrected chi connectivity index (χ1v) is 9.90. The molecule has 1 aliphatic heterocycles. The molecule has 0 spiro atoms. The van der Waals surface area contributed by atoms with Gasteiger partial charge >= 0.3 is 0 Å². The van der Waals surface area contributed by atoms with Gasteiger partial charge in [-0.05, 0) is 25.1 Å². The summed E-state index contributed by atoms with van der Waals surface area (Å²) in [5, 5.41) is 26.6. The molecule has 4 aromatic rings. The lowest BCUT2D eigenvalue weighted by atomic mass is 10.2. The first kappa shape index (κ1) is 18.7. The molecule has 2 unspecified atom stereocenters. The van der Waals surface area contributed by atoms with E-state index < -0.39 is 6.23 Å². The lowest BCUT2D eigenvalue weighted by molar-refractivity contribution is 0.0755.